The van der Waals surface area contributed by atoms with Gasteiger partial charge in [-0.3, -0.25) is 24.7 Å². The molecule has 4 heterocycles. The highest BCUT2D eigenvalue weighted by molar-refractivity contribution is 5.92. The van der Waals surface area contributed by atoms with E-state index < -0.39 is 22.9 Å². The van der Waals surface area contributed by atoms with Crippen molar-refractivity contribution in [1.82, 2.24) is 10.2 Å². The summed E-state index contributed by atoms with van der Waals surface area (Å²) in [5, 5.41) is 13.5. The highest BCUT2D eigenvalue weighted by atomic mass is 19.1. The smallest absolute Gasteiger partial charge is 0.433 e. The van der Waals surface area contributed by atoms with Crippen LogP contribution in [0, 0.1) is 15.9 Å². The Morgan fingerprint density at radius 1 is 1.07 bits per heavy atom. The van der Waals surface area contributed by atoms with Crippen molar-refractivity contribution in [3.63, 3.8) is 0 Å². The van der Waals surface area contributed by atoms with E-state index in [0.717, 1.165) is 5.56 Å². The Morgan fingerprint density at radius 2 is 1.88 bits per heavy atom. The van der Waals surface area contributed by atoms with Gasteiger partial charge in [0.05, 0.1) is 37.1 Å². The van der Waals surface area contributed by atoms with Crippen LogP contribution in [0.1, 0.15) is 11.3 Å². The number of furan rings is 1. The van der Waals surface area contributed by atoms with Crippen LogP contribution in [0.4, 0.5) is 26.4 Å². The number of anilines is 2. The number of hydrogen-bond donors (Lipinski definition) is 1. The molecule has 3 aliphatic heterocycles. The highest BCUT2D eigenvalue weighted by Crippen LogP contribution is 2.33. The van der Waals surface area contributed by atoms with Gasteiger partial charge in [0, 0.05) is 32.3 Å². The predicted octanol–water partition coefficient (Wildman–Crippen LogP) is 3.53. The van der Waals surface area contributed by atoms with Crippen LogP contribution in [0.15, 0.2) is 59.0 Å². The number of rotatable bonds is 9. The zero-order chi connectivity index (χ0) is 29.9. The largest absolute Gasteiger partial charge is 0.454 e. The molecule has 13 nitrogen and oxygen atoms in total. The van der Waals surface area contributed by atoms with Crippen LogP contribution >= 0.6 is 0 Å². The monoisotopic (exact) mass is 593 g/mol. The molecule has 43 heavy (non-hydrogen) atoms. The van der Waals surface area contributed by atoms with Gasteiger partial charge in [0.25, 0.3) is 0 Å². The lowest BCUT2D eigenvalue weighted by atomic mass is 10.2. The normalized spacial score (nSPS) is 18.3. The Balaban J connectivity index is 0.982. The molecule has 6 rings (SSSR count). The van der Waals surface area contributed by atoms with E-state index in [1.165, 1.54) is 23.1 Å². The number of piperazine rings is 1. The van der Waals surface area contributed by atoms with Crippen LogP contribution in [0.5, 0.6) is 11.5 Å². The summed E-state index contributed by atoms with van der Waals surface area (Å²) in [5.41, 5.74) is 1.55. The first-order valence-electron chi connectivity index (χ1n) is 13.7. The Bertz CT molecular complexity index is 1570. The number of nitrogens with one attached hydrogen (secondary N) is 1. The van der Waals surface area contributed by atoms with Gasteiger partial charge in [0.1, 0.15) is 22.6 Å². The van der Waals surface area contributed by atoms with Crippen LogP contribution in [0.25, 0.3) is 6.08 Å². The third-order valence-electron chi connectivity index (χ3n) is 7.36. The first-order valence-corrected chi connectivity index (χ1v) is 13.7. The first-order chi connectivity index (χ1) is 20.8. The number of nitro groups is 1. The summed E-state index contributed by atoms with van der Waals surface area (Å²) in [7, 11) is 0. The molecule has 2 aromatic carbocycles. The molecule has 0 radical (unpaired) electrons. The molecule has 1 aromatic heterocycles. The average molecular weight is 594 g/mol. The zero-order valence-corrected chi connectivity index (χ0v) is 22.9. The molecule has 2 amide bonds. The van der Waals surface area contributed by atoms with Crippen molar-refractivity contribution in [2.24, 2.45) is 0 Å². The fourth-order valence-electron chi connectivity index (χ4n) is 5.14. The van der Waals surface area contributed by atoms with Crippen LogP contribution in [0.2, 0.25) is 0 Å². The SMILES string of the molecule is O=C(/C=C/c1ccc2c(c1)OCO2)NC[C@H]1CN(c2ccc(N3CCN(Cc4ccc([N+](=O)[O-])o4)CC3)c(F)c2)C(=O)O1. The second kappa shape index (κ2) is 12.0. The van der Waals surface area contributed by atoms with Gasteiger partial charge in [-0.05, 0) is 48.0 Å². The number of carbonyl (C=O) groups is 2. The number of ether oxygens (including phenoxy) is 3. The van der Waals surface area contributed by atoms with E-state index >= 15 is 4.39 Å². The molecule has 3 aromatic rings. The molecule has 2 fully saturated rings. The molecule has 1 N–H and O–H groups in total. The number of fused-ring (bicyclic) bond motifs is 1. The molecule has 0 unspecified atom stereocenters. The van der Waals surface area contributed by atoms with Crippen LogP contribution < -0.4 is 24.6 Å². The third-order valence-corrected chi connectivity index (χ3v) is 7.36. The Kier molecular flexibility index (Phi) is 7.83. The predicted molar refractivity (Wildman–Crippen MR) is 151 cm³/mol. The van der Waals surface area contributed by atoms with Crippen molar-refractivity contribution in [3.05, 3.63) is 81.9 Å². The van der Waals surface area contributed by atoms with Crippen LogP contribution in [-0.2, 0) is 16.1 Å². The summed E-state index contributed by atoms with van der Waals surface area (Å²) >= 11 is 0. The molecule has 2 saturated heterocycles. The maximum absolute atomic E-state index is 15.2. The van der Waals surface area contributed by atoms with E-state index in [4.69, 9.17) is 18.6 Å². The molecule has 0 aliphatic carbocycles. The van der Waals surface area contributed by atoms with Crippen molar-refractivity contribution in [3.8, 4) is 11.5 Å². The maximum Gasteiger partial charge on any atom is 0.433 e. The number of amides is 2. The lowest BCUT2D eigenvalue weighted by molar-refractivity contribution is -0.402. The topological polar surface area (TPSA) is 140 Å². The quantitative estimate of drug-likeness (QED) is 0.223. The number of benzene rings is 2. The van der Waals surface area contributed by atoms with Crippen molar-refractivity contribution < 1.29 is 37.5 Å². The molecule has 0 spiro atoms. The van der Waals surface area contributed by atoms with Crippen molar-refractivity contribution in [2.75, 3.05) is 55.9 Å². The third kappa shape index (κ3) is 6.38. The Hall–Kier alpha value is -5.11. The van der Waals surface area contributed by atoms with Gasteiger partial charge in [-0.25, -0.2) is 9.18 Å². The van der Waals surface area contributed by atoms with Gasteiger partial charge >= 0.3 is 12.0 Å². The molecule has 1 atom stereocenters. The van der Waals surface area contributed by atoms with E-state index in [-0.39, 0.29) is 31.7 Å². The standard InChI is InChI=1S/C29H28FN5O8/c30-23-14-20(3-5-24(23)33-11-9-32(10-12-33)16-21-4-8-28(42-21)35(38)39)34-17-22(43-29(34)37)15-31-27(36)7-2-19-1-6-25-26(13-19)41-18-40-25/h1-8,13-14,22H,9-12,15-18H2,(H,31,36)/b7-2+/t22-/m0/s1. The Morgan fingerprint density at radius 3 is 2.65 bits per heavy atom. The van der Waals surface area contributed by atoms with E-state index in [9.17, 15) is 19.7 Å². The fraction of sp³-hybridized carbons (Fsp3) is 0.310. The van der Waals surface area contributed by atoms with Crippen LogP contribution in [0.3, 0.4) is 0 Å². The number of halogens is 1. The van der Waals surface area contributed by atoms with E-state index in [1.807, 2.05) is 4.90 Å². The molecular formula is C29H28FN5O8. The second-order valence-corrected chi connectivity index (χ2v) is 10.2. The minimum Gasteiger partial charge on any atom is -0.454 e. The van der Waals surface area contributed by atoms with E-state index in [0.29, 0.717) is 61.4 Å². The maximum atomic E-state index is 15.2. The van der Waals surface area contributed by atoms with Gasteiger partial charge < -0.3 is 28.8 Å². The van der Waals surface area contributed by atoms with Gasteiger partial charge in [0.15, 0.2) is 11.5 Å². The zero-order valence-electron chi connectivity index (χ0n) is 22.9. The van der Waals surface area contributed by atoms with Gasteiger partial charge in [0.2, 0.25) is 12.7 Å². The molecular weight excluding hydrogens is 565 g/mol. The fourth-order valence-corrected chi connectivity index (χ4v) is 5.14. The van der Waals surface area contributed by atoms with E-state index in [1.54, 1.807) is 42.5 Å². The number of nitrogens with zero attached hydrogens (tertiary/aromatic N) is 4. The van der Waals surface area contributed by atoms with Gasteiger partial charge in [-0.1, -0.05) is 6.07 Å². The lowest BCUT2D eigenvalue weighted by Crippen LogP contribution is -2.46. The van der Waals surface area contributed by atoms with Gasteiger partial charge in [-0.2, -0.15) is 0 Å². The summed E-state index contributed by atoms with van der Waals surface area (Å²) in [4.78, 5) is 40.4. The first kappa shape index (κ1) is 28.0. The summed E-state index contributed by atoms with van der Waals surface area (Å²) in [6, 6.07) is 12.9. The second-order valence-electron chi connectivity index (χ2n) is 10.2. The molecule has 3 aliphatic rings. The highest BCUT2D eigenvalue weighted by Gasteiger charge is 2.33. The summed E-state index contributed by atoms with van der Waals surface area (Å²) < 4.78 is 36.4. The van der Waals surface area contributed by atoms with Crippen molar-refractivity contribution >= 4 is 35.3 Å². The summed E-state index contributed by atoms with van der Waals surface area (Å²) in [6.45, 7) is 3.20. The molecule has 0 bridgehead atoms. The van der Waals surface area contributed by atoms with Crippen molar-refractivity contribution in [1.29, 1.82) is 0 Å². The Labute approximate surface area is 245 Å². The molecule has 224 valence electrons. The average Bonchev–Trinajstić information content (AvgIpc) is 3.75. The lowest BCUT2D eigenvalue weighted by Gasteiger charge is -2.36. The summed E-state index contributed by atoms with van der Waals surface area (Å²) in [6.07, 6.45) is 1.81. The summed E-state index contributed by atoms with van der Waals surface area (Å²) in [5.74, 6) is 0.661. The molecule has 14 heteroatoms. The number of hydrogen-bond acceptors (Lipinski definition) is 10. The molecule has 0 saturated carbocycles. The van der Waals surface area contributed by atoms with E-state index in [2.05, 4.69) is 10.2 Å². The minimum absolute atomic E-state index is 0.0999. The number of carbonyl (C=O) groups excluding carboxylic acids is 2. The van der Waals surface area contributed by atoms with Gasteiger partial charge in [-0.15, -0.1) is 0 Å². The van der Waals surface area contributed by atoms with Crippen molar-refractivity contribution in [2.45, 2.75) is 12.6 Å². The minimum atomic E-state index is -0.617. The van der Waals surface area contributed by atoms with Crippen LogP contribution in [-0.4, -0.2) is 74.0 Å². The number of cyclic esters (lactones) is 1.